The van der Waals surface area contributed by atoms with Crippen LogP contribution >= 0.6 is 11.6 Å². The molecule has 2 rings (SSSR count). The first kappa shape index (κ1) is 12.4. The van der Waals surface area contributed by atoms with Crippen LogP contribution in [0.4, 0.5) is 0 Å². The van der Waals surface area contributed by atoms with E-state index < -0.39 is 5.97 Å². The molecule has 1 aromatic carbocycles. The van der Waals surface area contributed by atoms with E-state index in [4.69, 9.17) is 21.4 Å². The highest BCUT2D eigenvalue weighted by Gasteiger charge is 2.15. The maximum atomic E-state index is 10.8. The molecule has 18 heavy (non-hydrogen) atoms. The van der Waals surface area contributed by atoms with Crippen molar-refractivity contribution in [1.29, 1.82) is 0 Å². The predicted molar refractivity (Wildman–Crippen MR) is 64.1 cm³/mol. The first-order valence-corrected chi connectivity index (χ1v) is 5.45. The van der Waals surface area contributed by atoms with E-state index in [2.05, 4.69) is 10.2 Å². The molecule has 0 saturated heterocycles. The van der Waals surface area contributed by atoms with Crippen LogP contribution in [0.5, 0.6) is 5.75 Å². The van der Waals surface area contributed by atoms with Crippen LogP contribution in [0.3, 0.4) is 0 Å². The van der Waals surface area contributed by atoms with Crippen LogP contribution in [-0.2, 0) is 6.54 Å². The third-order valence-corrected chi connectivity index (χ3v) is 2.55. The largest absolute Gasteiger partial charge is 0.497 e. The number of benzene rings is 1. The number of aromatic nitrogens is 3. The molecule has 0 aliphatic heterocycles. The molecule has 0 fully saturated rings. The lowest BCUT2D eigenvalue weighted by Crippen LogP contribution is -2.05. The molecule has 0 aliphatic rings. The van der Waals surface area contributed by atoms with Gasteiger partial charge in [0, 0.05) is 0 Å². The van der Waals surface area contributed by atoms with Gasteiger partial charge in [0.25, 0.3) is 0 Å². The van der Waals surface area contributed by atoms with Gasteiger partial charge in [0.1, 0.15) is 5.75 Å². The van der Waals surface area contributed by atoms with Gasteiger partial charge in [-0.15, -0.1) is 10.2 Å². The summed E-state index contributed by atoms with van der Waals surface area (Å²) in [5.41, 5.74) is 0.671. The smallest absolute Gasteiger partial charge is 0.359 e. The van der Waals surface area contributed by atoms with E-state index in [0.29, 0.717) is 6.54 Å². The van der Waals surface area contributed by atoms with Crippen LogP contribution in [0.2, 0.25) is 5.15 Å². The Hall–Kier alpha value is -2.08. The summed E-state index contributed by atoms with van der Waals surface area (Å²) in [5.74, 6) is -0.447. The van der Waals surface area contributed by atoms with Gasteiger partial charge in [-0.3, -0.25) is 0 Å². The molecule has 0 saturated carbocycles. The number of rotatable bonds is 4. The van der Waals surface area contributed by atoms with Gasteiger partial charge in [-0.1, -0.05) is 23.7 Å². The van der Waals surface area contributed by atoms with Gasteiger partial charge in [0.2, 0.25) is 5.69 Å². The zero-order chi connectivity index (χ0) is 13.1. The topological polar surface area (TPSA) is 77.2 Å². The Labute approximate surface area is 108 Å². The van der Waals surface area contributed by atoms with Crippen molar-refractivity contribution in [2.45, 2.75) is 6.54 Å². The third-order valence-electron chi connectivity index (χ3n) is 2.30. The molecule has 0 aliphatic carbocycles. The number of hydrogen-bond donors (Lipinski definition) is 1. The Morgan fingerprint density at radius 2 is 2.06 bits per heavy atom. The van der Waals surface area contributed by atoms with E-state index in [9.17, 15) is 4.79 Å². The number of carbonyl (C=O) groups is 1. The van der Waals surface area contributed by atoms with E-state index >= 15 is 0 Å². The minimum absolute atomic E-state index is 0.115. The van der Waals surface area contributed by atoms with Crippen LogP contribution < -0.4 is 4.74 Å². The van der Waals surface area contributed by atoms with Crippen LogP contribution in [-0.4, -0.2) is 33.2 Å². The first-order chi connectivity index (χ1) is 8.60. The molecule has 0 unspecified atom stereocenters. The Balaban J connectivity index is 2.18. The second-order valence-electron chi connectivity index (χ2n) is 3.52. The lowest BCUT2D eigenvalue weighted by molar-refractivity contribution is 0.0689. The SMILES string of the molecule is COc1ccc(Cn2nc(Cl)c(C(=O)O)n2)cc1. The number of halogens is 1. The van der Waals surface area contributed by atoms with Gasteiger partial charge in [0.15, 0.2) is 5.15 Å². The molecule has 6 nitrogen and oxygen atoms in total. The minimum atomic E-state index is -1.19. The van der Waals surface area contributed by atoms with Crippen LogP contribution in [0.1, 0.15) is 16.1 Å². The van der Waals surface area contributed by atoms with E-state index in [-0.39, 0.29) is 10.8 Å². The van der Waals surface area contributed by atoms with Gasteiger partial charge in [-0.25, -0.2) is 4.79 Å². The van der Waals surface area contributed by atoms with Crippen molar-refractivity contribution in [3.05, 3.63) is 40.7 Å². The normalized spacial score (nSPS) is 10.3. The van der Waals surface area contributed by atoms with Crippen molar-refractivity contribution < 1.29 is 14.6 Å². The highest BCUT2D eigenvalue weighted by Crippen LogP contribution is 2.14. The van der Waals surface area contributed by atoms with E-state index in [1.165, 1.54) is 4.80 Å². The molecule has 0 bridgehead atoms. The van der Waals surface area contributed by atoms with Gasteiger partial charge in [0.05, 0.1) is 13.7 Å². The zero-order valence-electron chi connectivity index (χ0n) is 9.50. The molecule has 0 radical (unpaired) electrons. The maximum absolute atomic E-state index is 10.8. The van der Waals surface area contributed by atoms with Gasteiger partial charge < -0.3 is 9.84 Å². The molecule has 7 heteroatoms. The van der Waals surface area contributed by atoms with E-state index in [0.717, 1.165) is 11.3 Å². The van der Waals surface area contributed by atoms with Crippen molar-refractivity contribution in [3.8, 4) is 5.75 Å². The van der Waals surface area contributed by atoms with Gasteiger partial charge in [-0.05, 0) is 17.7 Å². The molecule has 0 atom stereocenters. The summed E-state index contributed by atoms with van der Waals surface area (Å²) in [6.07, 6.45) is 0. The van der Waals surface area contributed by atoms with Gasteiger partial charge in [-0.2, -0.15) is 4.80 Å². The molecule has 1 heterocycles. The lowest BCUT2D eigenvalue weighted by Gasteiger charge is -2.02. The van der Waals surface area contributed by atoms with Crippen molar-refractivity contribution in [2.75, 3.05) is 7.11 Å². The molecular formula is C11H10ClN3O3. The Morgan fingerprint density at radius 1 is 1.39 bits per heavy atom. The number of carboxylic acids is 1. The highest BCUT2D eigenvalue weighted by molar-refractivity contribution is 6.31. The maximum Gasteiger partial charge on any atom is 0.359 e. The summed E-state index contributed by atoms with van der Waals surface area (Å²) in [6.45, 7) is 0.344. The summed E-state index contributed by atoms with van der Waals surface area (Å²) in [6, 6.07) is 7.30. The van der Waals surface area contributed by atoms with Gasteiger partial charge >= 0.3 is 5.97 Å². The number of ether oxygens (including phenoxy) is 1. The average Bonchev–Trinajstić information content (AvgIpc) is 2.71. The number of hydrogen-bond acceptors (Lipinski definition) is 4. The quantitative estimate of drug-likeness (QED) is 0.912. The molecule has 0 amide bonds. The van der Waals surface area contributed by atoms with Crippen LogP contribution in [0.25, 0.3) is 0 Å². The van der Waals surface area contributed by atoms with E-state index in [1.807, 2.05) is 12.1 Å². The zero-order valence-corrected chi connectivity index (χ0v) is 10.3. The van der Waals surface area contributed by atoms with Crippen LogP contribution in [0.15, 0.2) is 24.3 Å². The number of methoxy groups -OCH3 is 1. The summed E-state index contributed by atoms with van der Waals surface area (Å²) in [5, 5.41) is 16.3. The van der Waals surface area contributed by atoms with Crippen molar-refractivity contribution >= 4 is 17.6 Å². The Morgan fingerprint density at radius 3 is 2.56 bits per heavy atom. The monoisotopic (exact) mass is 267 g/mol. The summed E-state index contributed by atoms with van der Waals surface area (Å²) in [7, 11) is 1.59. The van der Waals surface area contributed by atoms with Crippen molar-refractivity contribution in [1.82, 2.24) is 15.0 Å². The molecular weight excluding hydrogens is 258 g/mol. The average molecular weight is 268 g/mol. The fourth-order valence-electron chi connectivity index (χ4n) is 1.42. The second kappa shape index (κ2) is 5.05. The van der Waals surface area contributed by atoms with Crippen LogP contribution in [0, 0.1) is 0 Å². The minimum Gasteiger partial charge on any atom is -0.497 e. The van der Waals surface area contributed by atoms with Crippen molar-refractivity contribution in [2.24, 2.45) is 0 Å². The fourth-order valence-corrected chi connectivity index (χ4v) is 1.63. The highest BCUT2D eigenvalue weighted by atomic mass is 35.5. The third kappa shape index (κ3) is 2.60. The first-order valence-electron chi connectivity index (χ1n) is 5.07. The Bertz CT molecular complexity index is 565. The standard InChI is InChI=1S/C11H10ClN3O3/c1-18-8-4-2-7(3-5-8)6-15-13-9(11(16)17)10(12)14-15/h2-5H,6H2,1H3,(H,16,17). The molecule has 2 aromatic rings. The lowest BCUT2D eigenvalue weighted by atomic mass is 10.2. The Kier molecular flexibility index (Phi) is 3.47. The van der Waals surface area contributed by atoms with Crippen molar-refractivity contribution in [3.63, 3.8) is 0 Å². The number of aromatic carboxylic acids is 1. The van der Waals surface area contributed by atoms with E-state index in [1.54, 1.807) is 19.2 Å². The molecule has 1 aromatic heterocycles. The molecule has 94 valence electrons. The summed E-state index contributed by atoms with van der Waals surface area (Å²) < 4.78 is 5.04. The molecule has 1 N–H and O–H groups in total. The molecule has 0 spiro atoms. The number of nitrogens with zero attached hydrogens (tertiary/aromatic N) is 3. The predicted octanol–water partition coefficient (Wildman–Crippen LogP) is 1.69. The summed E-state index contributed by atoms with van der Waals surface area (Å²) >= 11 is 5.66. The fraction of sp³-hybridized carbons (Fsp3) is 0.182. The number of carboxylic acid groups (broad SMARTS) is 1. The second-order valence-corrected chi connectivity index (χ2v) is 3.88. The summed E-state index contributed by atoms with van der Waals surface area (Å²) in [4.78, 5) is 12.0.